The number of hydrogen-bond donors (Lipinski definition) is 0. The van der Waals surface area contributed by atoms with E-state index in [2.05, 4.69) is 35.3 Å². The SMILES string of the molecule is Fc1ccc(C2CCC(c3ccccc3)CC2)nc1. The molecule has 1 heterocycles. The molecule has 0 spiro atoms. The first-order chi connectivity index (χ1) is 9.33. The summed E-state index contributed by atoms with van der Waals surface area (Å²) in [4.78, 5) is 4.22. The van der Waals surface area contributed by atoms with Crippen molar-refractivity contribution in [1.29, 1.82) is 0 Å². The van der Waals surface area contributed by atoms with Gasteiger partial charge in [0.1, 0.15) is 5.82 Å². The fourth-order valence-electron chi connectivity index (χ4n) is 3.08. The summed E-state index contributed by atoms with van der Waals surface area (Å²) in [5.74, 6) is 0.931. The second-order valence-corrected chi connectivity index (χ2v) is 5.36. The lowest BCUT2D eigenvalue weighted by Gasteiger charge is -2.28. The van der Waals surface area contributed by atoms with Crippen LogP contribution in [-0.4, -0.2) is 4.98 Å². The largest absolute Gasteiger partial charge is 0.258 e. The van der Waals surface area contributed by atoms with Crippen molar-refractivity contribution in [3.05, 3.63) is 65.7 Å². The summed E-state index contributed by atoms with van der Waals surface area (Å²) >= 11 is 0. The van der Waals surface area contributed by atoms with E-state index >= 15 is 0 Å². The molecular weight excluding hydrogens is 237 g/mol. The van der Waals surface area contributed by atoms with Crippen LogP contribution in [0.3, 0.4) is 0 Å². The summed E-state index contributed by atoms with van der Waals surface area (Å²) < 4.78 is 12.9. The summed E-state index contributed by atoms with van der Waals surface area (Å²) in [5, 5.41) is 0. The van der Waals surface area contributed by atoms with E-state index in [1.807, 2.05) is 6.07 Å². The molecular formula is C17H18FN. The van der Waals surface area contributed by atoms with E-state index < -0.39 is 0 Å². The third-order valence-corrected chi connectivity index (χ3v) is 4.17. The molecule has 1 saturated carbocycles. The maximum absolute atomic E-state index is 12.9. The van der Waals surface area contributed by atoms with Crippen molar-refractivity contribution < 1.29 is 4.39 Å². The molecule has 0 atom stereocenters. The highest BCUT2D eigenvalue weighted by Crippen LogP contribution is 2.39. The Morgan fingerprint density at radius 2 is 1.53 bits per heavy atom. The van der Waals surface area contributed by atoms with Gasteiger partial charge < -0.3 is 0 Å². The van der Waals surface area contributed by atoms with E-state index in [1.165, 1.54) is 30.7 Å². The molecule has 2 heteroatoms. The highest BCUT2D eigenvalue weighted by molar-refractivity contribution is 5.21. The zero-order chi connectivity index (χ0) is 13.1. The fraction of sp³-hybridized carbons (Fsp3) is 0.353. The van der Waals surface area contributed by atoms with Crippen molar-refractivity contribution >= 4 is 0 Å². The average Bonchev–Trinajstić information content (AvgIpc) is 2.49. The fourth-order valence-corrected chi connectivity index (χ4v) is 3.08. The molecule has 0 unspecified atom stereocenters. The molecule has 2 aromatic rings. The maximum Gasteiger partial charge on any atom is 0.141 e. The summed E-state index contributed by atoms with van der Waals surface area (Å²) in [7, 11) is 0. The van der Waals surface area contributed by atoms with Crippen LogP contribution >= 0.6 is 0 Å². The maximum atomic E-state index is 12.9. The van der Waals surface area contributed by atoms with Crippen molar-refractivity contribution in [3.8, 4) is 0 Å². The second-order valence-electron chi connectivity index (χ2n) is 5.36. The van der Waals surface area contributed by atoms with Gasteiger partial charge in [0.25, 0.3) is 0 Å². The predicted molar refractivity (Wildman–Crippen MR) is 74.6 cm³/mol. The molecule has 1 aromatic heterocycles. The Morgan fingerprint density at radius 3 is 2.16 bits per heavy atom. The lowest BCUT2D eigenvalue weighted by molar-refractivity contribution is 0.390. The van der Waals surface area contributed by atoms with Gasteiger partial charge in [-0.2, -0.15) is 0 Å². The number of pyridine rings is 1. The van der Waals surface area contributed by atoms with Crippen LogP contribution in [0.2, 0.25) is 0 Å². The molecule has 0 bridgehead atoms. The molecule has 1 fully saturated rings. The quantitative estimate of drug-likeness (QED) is 0.760. The normalized spacial score (nSPS) is 23.2. The zero-order valence-corrected chi connectivity index (χ0v) is 10.9. The second kappa shape index (κ2) is 5.52. The van der Waals surface area contributed by atoms with Crippen LogP contribution in [-0.2, 0) is 0 Å². The zero-order valence-electron chi connectivity index (χ0n) is 10.9. The van der Waals surface area contributed by atoms with Gasteiger partial charge >= 0.3 is 0 Å². The number of hydrogen-bond acceptors (Lipinski definition) is 1. The van der Waals surface area contributed by atoms with E-state index in [-0.39, 0.29) is 5.82 Å². The number of halogens is 1. The van der Waals surface area contributed by atoms with Gasteiger partial charge in [-0.3, -0.25) is 4.98 Å². The Bertz CT molecular complexity index is 513. The molecule has 0 amide bonds. The molecule has 0 aliphatic heterocycles. The first-order valence-electron chi connectivity index (χ1n) is 6.99. The van der Waals surface area contributed by atoms with Crippen LogP contribution < -0.4 is 0 Å². The highest BCUT2D eigenvalue weighted by atomic mass is 19.1. The molecule has 19 heavy (non-hydrogen) atoms. The molecule has 0 radical (unpaired) electrons. The Balaban J connectivity index is 1.65. The number of benzene rings is 1. The highest BCUT2D eigenvalue weighted by Gasteiger charge is 2.23. The summed E-state index contributed by atoms with van der Waals surface area (Å²) in [6.07, 6.45) is 6.04. The first kappa shape index (κ1) is 12.3. The Morgan fingerprint density at radius 1 is 0.842 bits per heavy atom. The van der Waals surface area contributed by atoms with Crippen LogP contribution in [0.4, 0.5) is 4.39 Å². The summed E-state index contributed by atoms with van der Waals surface area (Å²) in [6, 6.07) is 14.1. The van der Waals surface area contributed by atoms with Gasteiger partial charge in [-0.25, -0.2) is 4.39 Å². The van der Waals surface area contributed by atoms with Crippen LogP contribution in [0.1, 0.15) is 48.8 Å². The van der Waals surface area contributed by atoms with Crippen molar-refractivity contribution in [3.63, 3.8) is 0 Å². The van der Waals surface area contributed by atoms with Crippen molar-refractivity contribution in [2.75, 3.05) is 0 Å². The van der Waals surface area contributed by atoms with Gasteiger partial charge in [-0.1, -0.05) is 30.3 Å². The average molecular weight is 255 g/mol. The monoisotopic (exact) mass is 255 g/mol. The van der Waals surface area contributed by atoms with Gasteiger partial charge in [0.05, 0.1) is 6.20 Å². The van der Waals surface area contributed by atoms with E-state index in [9.17, 15) is 4.39 Å². The Kier molecular flexibility index (Phi) is 3.58. The van der Waals surface area contributed by atoms with Crippen molar-refractivity contribution in [2.45, 2.75) is 37.5 Å². The Labute approximate surface area is 113 Å². The summed E-state index contributed by atoms with van der Waals surface area (Å²) in [5.41, 5.74) is 2.50. The first-order valence-corrected chi connectivity index (χ1v) is 6.99. The predicted octanol–water partition coefficient (Wildman–Crippen LogP) is 4.66. The minimum Gasteiger partial charge on any atom is -0.258 e. The van der Waals surface area contributed by atoms with E-state index in [0.29, 0.717) is 11.8 Å². The van der Waals surface area contributed by atoms with E-state index in [0.717, 1.165) is 18.5 Å². The van der Waals surface area contributed by atoms with Crippen LogP contribution in [0.15, 0.2) is 48.7 Å². The van der Waals surface area contributed by atoms with E-state index in [4.69, 9.17) is 0 Å². The smallest absolute Gasteiger partial charge is 0.141 e. The molecule has 1 nitrogen and oxygen atoms in total. The Hall–Kier alpha value is -1.70. The van der Waals surface area contributed by atoms with E-state index in [1.54, 1.807) is 0 Å². The topological polar surface area (TPSA) is 12.9 Å². The van der Waals surface area contributed by atoms with Gasteiger partial charge in [0.2, 0.25) is 0 Å². The third kappa shape index (κ3) is 2.83. The molecule has 1 aliphatic rings. The van der Waals surface area contributed by atoms with Crippen LogP contribution in [0.25, 0.3) is 0 Å². The van der Waals surface area contributed by atoms with Gasteiger partial charge in [0, 0.05) is 11.6 Å². The van der Waals surface area contributed by atoms with Crippen LogP contribution in [0, 0.1) is 5.82 Å². The molecule has 1 aliphatic carbocycles. The van der Waals surface area contributed by atoms with Crippen LogP contribution in [0.5, 0.6) is 0 Å². The van der Waals surface area contributed by atoms with Gasteiger partial charge in [0.15, 0.2) is 0 Å². The molecule has 0 saturated heterocycles. The third-order valence-electron chi connectivity index (χ3n) is 4.17. The molecule has 1 aromatic carbocycles. The number of aromatic nitrogens is 1. The van der Waals surface area contributed by atoms with Crippen molar-refractivity contribution in [2.24, 2.45) is 0 Å². The lowest BCUT2D eigenvalue weighted by atomic mass is 9.77. The van der Waals surface area contributed by atoms with Crippen molar-refractivity contribution in [1.82, 2.24) is 4.98 Å². The standard InChI is InChI=1S/C17H18FN/c18-16-10-11-17(19-12-16)15-8-6-14(7-9-15)13-4-2-1-3-5-13/h1-5,10-12,14-15H,6-9H2. The number of rotatable bonds is 2. The molecule has 3 rings (SSSR count). The summed E-state index contributed by atoms with van der Waals surface area (Å²) in [6.45, 7) is 0. The van der Waals surface area contributed by atoms with Gasteiger partial charge in [-0.15, -0.1) is 0 Å². The molecule has 98 valence electrons. The van der Waals surface area contributed by atoms with Gasteiger partial charge in [-0.05, 0) is 49.3 Å². The minimum atomic E-state index is -0.248. The molecule has 0 N–H and O–H groups in total. The minimum absolute atomic E-state index is 0.248. The number of nitrogens with zero attached hydrogens (tertiary/aromatic N) is 1. The lowest BCUT2D eigenvalue weighted by Crippen LogP contribution is -2.13.